The summed E-state index contributed by atoms with van der Waals surface area (Å²) in [6.45, 7) is 4.17. The van der Waals surface area contributed by atoms with Gasteiger partial charge in [0.1, 0.15) is 6.61 Å². The summed E-state index contributed by atoms with van der Waals surface area (Å²) in [5, 5.41) is 5.62. The number of amides is 2. The van der Waals surface area contributed by atoms with E-state index in [9.17, 15) is 14.4 Å². The first-order valence-corrected chi connectivity index (χ1v) is 7.92. The molecule has 0 aliphatic carbocycles. The van der Waals surface area contributed by atoms with E-state index in [0.717, 1.165) is 12.8 Å². The Morgan fingerprint density at radius 2 is 1.62 bits per heavy atom. The summed E-state index contributed by atoms with van der Waals surface area (Å²) in [4.78, 5) is 34.2. The molecule has 1 aromatic carbocycles. The van der Waals surface area contributed by atoms with Crippen LogP contribution in [0.4, 0.5) is 0 Å². The van der Waals surface area contributed by atoms with Gasteiger partial charge in [-0.15, -0.1) is 0 Å². The lowest BCUT2D eigenvalue weighted by atomic mass is 10.2. The largest absolute Gasteiger partial charge is 0.462 e. The molecular weight excluding hydrogens is 308 g/mol. The molecule has 0 heterocycles. The zero-order valence-corrected chi connectivity index (χ0v) is 14.1. The van der Waals surface area contributed by atoms with Gasteiger partial charge in [-0.05, 0) is 38.0 Å². The number of hydrogen-bond acceptors (Lipinski definition) is 4. The van der Waals surface area contributed by atoms with E-state index in [1.54, 1.807) is 25.1 Å². The lowest BCUT2D eigenvalue weighted by Gasteiger charge is -2.07. The van der Waals surface area contributed by atoms with Gasteiger partial charge in [0.25, 0.3) is 5.91 Å². The van der Waals surface area contributed by atoms with Crippen molar-refractivity contribution in [3.05, 3.63) is 47.5 Å². The maximum atomic E-state index is 11.8. The van der Waals surface area contributed by atoms with Crippen molar-refractivity contribution < 1.29 is 19.1 Å². The van der Waals surface area contributed by atoms with Crippen LogP contribution in [0.5, 0.6) is 0 Å². The SMILES string of the molecule is CC(=O)OC/C=C(/C)C(=O)NCCCCNC(=O)c1ccccc1. The first-order valence-electron chi connectivity index (χ1n) is 7.92. The summed E-state index contributed by atoms with van der Waals surface area (Å²) in [6.07, 6.45) is 3.10. The zero-order valence-electron chi connectivity index (χ0n) is 14.1. The number of benzene rings is 1. The van der Waals surface area contributed by atoms with Crippen LogP contribution < -0.4 is 10.6 Å². The molecule has 0 spiro atoms. The highest BCUT2D eigenvalue weighted by Gasteiger charge is 2.04. The first kappa shape index (κ1) is 19.4. The Bertz CT molecular complexity index is 582. The zero-order chi connectivity index (χ0) is 17.8. The second-order valence-electron chi connectivity index (χ2n) is 5.27. The number of carbonyl (C=O) groups is 3. The highest BCUT2D eigenvalue weighted by molar-refractivity contribution is 5.94. The number of esters is 1. The molecule has 6 heteroatoms. The molecule has 2 N–H and O–H groups in total. The third-order valence-corrected chi connectivity index (χ3v) is 3.24. The van der Waals surface area contributed by atoms with Crippen molar-refractivity contribution >= 4 is 17.8 Å². The quantitative estimate of drug-likeness (QED) is 0.410. The van der Waals surface area contributed by atoms with E-state index in [-0.39, 0.29) is 24.4 Å². The van der Waals surface area contributed by atoms with Crippen molar-refractivity contribution in [2.24, 2.45) is 0 Å². The summed E-state index contributed by atoms with van der Waals surface area (Å²) in [7, 11) is 0. The molecule has 0 bridgehead atoms. The Balaban J connectivity index is 2.12. The molecule has 2 amide bonds. The van der Waals surface area contributed by atoms with Crippen LogP contribution in [0.15, 0.2) is 42.0 Å². The molecule has 0 radical (unpaired) electrons. The Kier molecular flexibility index (Phi) is 8.89. The second-order valence-corrected chi connectivity index (χ2v) is 5.27. The lowest BCUT2D eigenvalue weighted by Crippen LogP contribution is -2.27. The fourth-order valence-electron chi connectivity index (χ4n) is 1.86. The minimum atomic E-state index is -0.378. The highest BCUT2D eigenvalue weighted by atomic mass is 16.5. The Morgan fingerprint density at radius 1 is 1.00 bits per heavy atom. The average molecular weight is 332 g/mol. The smallest absolute Gasteiger partial charge is 0.302 e. The molecule has 0 aliphatic heterocycles. The van der Waals surface area contributed by atoms with Crippen molar-refractivity contribution in [2.45, 2.75) is 26.7 Å². The maximum absolute atomic E-state index is 11.8. The number of carbonyl (C=O) groups excluding carboxylic acids is 3. The van der Waals surface area contributed by atoms with Crippen LogP contribution >= 0.6 is 0 Å². The van der Waals surface area contributed by atoms with Crippen molar-refractivity contribution in [1.82, 2.24) is 10.6 Å². The first-order chi connectivity index (χ1) is 11.5. The predicted molar refractivity (Wildman–Crippen MR) is 91.4 cm³/mol. The Morgan fingerprint density at radius 3 is 2.25 bits per heavy atom. The third-order valence-electron chi connectivity index (χ3n) is 3.24. The van der Waals surface area contributed by atoms with Crippen LogP contribution in [-0.2, 0) is 14.3 Å². The molecule has 1 aromatic rings. The summed E-state index contributed by atoms with van der Waals surface area (Å²) >= 11 is 0. The number of nitrogens with one attached hydrogen (secondary N) is 2. The van der Waals surface area contributed by atoms with E-state index in [2.05, 4.69) is 10.6 Å². The summed E-state index contributed by atoms with van der Waals surface area (Å²) in [5.74, 6) is -0.656. The predicted octanol–water partition coefficient (Wildman–Crippen LogP) is 1.82. The minimum absolute atomic E-state index is 0.0936. The number of hydrogen-bond donors (Lipinski definition) is 2. The van der Waals surface area contributed by atoms with Crippen molar-refractivity contribution in [3.8, 4) is 0 Å². The monoisotopic (exact) mass is 332 g/mol. The minimum Gasteiger partial charge on any atom is -0.462 e. The molecule has 24 heavy (non-hydrogen) atoms. The van der Waals surface area contributed by atoms with E-state index >= 15 is 0 Å². The molecule has 0 fully saturated rings. The lowest BCUT2D eigenvalue weighted by molar-refractivity contribution is -0.139. The van der Waals surface area contributed by atoms with Gasteiger partial charge >= 0.3 is 5.97 Å². The van der Waals surface area contributed by atoms with E-state index in [1.165, 1.54) is 6.92 Å². The number of ether oxygens (including phenoxy) is 1. The molecule has 0 saturated carbocycles. The summed E-state index contributed by atoms with van der Waals surface area (Å²) in [6, 6.07) is 9.03. The van der Waals surface area contributed by atoms with Gasteiger partial charge in [-0.2, -0.15) is 0 Å². The highest BCUT2D eigenvalue weighted by Crippen LogP contribution is 1.98. The van der Waals surface area contributed by atoms with Crippen molar-refractivity contribution in [3.63, 3.8) is 0 Å². The molecule has 6 nitrogen and oxygen atoms in total. The molecule has 130 valence electrons. The van der Waals surface area contributed by atoms with Crippen molar-refractivity contribution in [2.75, 3.05) is 19.7 Å². The average Bonchev–Trinajstić information content (AvgIpc) is 2.57. The van der Waals surface area contributed by atoms with E-state index < -0.39 is 0 Å². The topological polar surface area (TPSA) is 84.5 Å². The van der Waals surface area contributed by atoms with Crippen LogP contribution in [0.1, 0.15) is 37.0 Å². The normalized spacial score (nSPS) is 10.8. The Hall–Kier alpha value is -2.63. The van der Waals surface area contributed by atoms with Gasteiger partial charge in [0.2, 0.25) is 5.91 Å². The van der Waals surface area contributed by atoms with Crippen LogP contribution in [0.25, 0.3) is 0 Å². The molecule has 0 saturated heterocycles. The Labute approximate surface area is 142 Å². The van der Waals surface area contributed by atoms with Crippen LogP contribution in [0, 0.1) is 0 Å². The second kappa shape index (κ2) is 11.0. The number of unbranched alkanes of at least 4 members (excludes halogenated alkanes) is 1. The van der Waals surface area contributed by atoms with Crippen LogP contribution in [0.3, 0.4) is 0 Å². The van der Waals surface area contributed by atoms with Gasteiger partial charge in [-0.25, -0.2) is 0 Å². The molecule has 0 unspecified atom stereocenters. The molecular formula is C18H24N2O4. The third kappa shape index (κ3) is 8.12. The van der Waals surface area contributed by atoms with Gasteiger partial charge in [0.15, 0.2) is 0 Å². The van der Waals surface area contributed by atoms with Gasteiger partial charge < -0.3 is 15.4 Å². The van der Waals surface area contributed by atoms with E-state index in [4.69, 9.17) is 4.74 Å². The van der Waals surface area contributed by atoms with Gasteiger partial charge in [-0.1, -0.05) is 18.2 Å². The standard InChI is InChI=1S/C18H24N2O4/c1-14(10-13-24-15(2)21)17(22)19-11-6-7-12-20-18(23)16-8-4-3-5-9-16/h3-5,8-10H,6-7,11-13H2,1-2H3,(H,19,22)(H,20,23)/b14-10-. The van der Waals surface area contributed by atoms with E-state index in [1.807, 2.05) is 18.2 Å². The van der Waals surface area contributed by atoms with Crippen LogP contribution in [0.2, 0.25) is 0 Å². The fraction of sp³-hybridized carbons (Fsp3) is 0.389. The van der Waals surface area contributed by atoms with Crippen LogP contribution in [-0.4, -0.2) is 37.5 Å². The fourth-order valence-corrected chi connectivity index (χ4v) is 1.86. The number of rotatable bonds is 9. The molecule has 0 atom stereocenters. The van der Waals surface area contributed by atoms with Crippen molar-refractivity contribution in [1.29, 1.82) is 0 Å². The van der Waals surface area contributed by atoms with Gasteiger partial charge in [-0.3, -0.25) is 14.4 Å². The maximum Gasteiger partial charge on any atom is 0.302 e. The van der Waals surface area contributed by atoms with E-state index in [0.29, 0.717) is 24.2 Å². The van der Waals surface area contributed by atoms with Gasteiger partial charge in [0, 0.05) is 31.1 Å². The summed E-state index contributed by atoms with van der Waals surface area (Å²) in [5.41, 5.74) is 1.15. The molecule has 0 aromatic heterocycles. The molecule has 1 rings (SSSR count). The summed E-state index contributed by atoms with van der Waals surface area (Å²) < 4.78 is 4.74. The van der Waals surface area contributed by atoms with Gasteiger partial charge in [0.05, 0.1) is 0 Å². The molecule has 0 aliphatic rings.